The summed E-state index contributed by atoms with van der Waals surface area (Å²) in [7, 11) is 0. The summed E-state index contributed by atoms with van der Waals surface area (Å²) in [4.78, 5) is 13.5. The van der Waals surface area contributed by atoms with Crippen LogP contribution in [0.1, 0.15) is 44.2 Å². The number of carbonyl (C=O) groups is 1. The number of thiophene rings is 1. The Kier molecular flexibility index (Phi) is 6.02. The predicted octanol–water partition coefficient (Wildman–Crippen LogP) is 3.66. The lowest BCUT2D eigenvalue weighted by atomic mass is 9.90. The van der Waals surface area contributed by atoms with E-state index in [1.165, 1.54) is 0 Å². The first kappa shape index (κ1) is 18.5. The summed E-state index contributed by atoms with van der Waals surface area (Å²) in [5.74, 6) is 0.616. The molecule has 1 amide bonds. The molecule has 0 saturated heterocycles. The zero-order valence-electron chi connectivity index (χ0n) is 14.6. The zero-order valence-corrected chi connectivity index (χ0v) is 15.4. The van der Waals surface area contributed by atoms with Crippen molar-refractivity contribution in [3.8, 4) is 5.75 Å². The molecule has 1 atom stereocenters. The molecule has 0 radical (unpaired) electrons. The molecule has 1 aromatic carbocycles. The Bertz CT molecular complexity index is 665. The van der Waals surface area contributed by atoms with E-state index in [2.05, 4.69) is 5.32 Å². The van der Waals surface area contributed by atoms with E-state index in [0.29, 0.717) is 5.75 Å². The molecule has 2 rings (SSSR count). The summed E-state index contributed by atoms with van der Waals surface area (Å²) in [5, 5.41) is 15.2. The minimum Gasteiger partial charge on any atom is -0.491 e. The van der Waals surface area contributed by atoms with Crippen LogP contribution >= 0.6 is 11.3 Å². The number of ether oxygens (including phenoxy) is 1. The topological polar surface area (TPSA) is 58.6 Å². The number of hydrogen-bond acceptors (Lipinski definition) is 4. The largest absolute Gasteiger partial charge is 0.491 e. The van der Waals surface area contributed by atoms with Gasteiger partial charge >= 0.3 is 0 Å². The second-order valence-electron chi connectivity index (χ2n) is 6.57. The monoisotopic (exact) mass is 347 g/mol. The minimum atomic E-state index is -0.774. The average Bonchev–Trinajstić information content (AvgIpc) is 3.07. The molecule has 0 spiro atoms. The lowest BCUT2D eigenvalue weighted by Gasteiger charge is -2.23. The van der Waals surface area contributed by atoms with Gasteiger partial charge < -0.3 is 15.2 Å². The molecule has 5 heteroatoms. The Hall–Kier alpha value is -1.85. The highest BCUT2D eigenvalue weighted by atomic mass is 32.1. The number of aliphatic hydroxyl groups excluding tert-OH is 1. The summed E-state index contributed by atoms with van der Waals surface area (Å²) in [5.41, 5.74) is 0.110. The quantitative estimate of drug-likeness (QED) is 0.803. The molecule has 0 fully saturated rings. The van der Waals surface area contributed by atoms with Gasteiger partial charge in [0.15, 0.2) is 0 Å². The van der Waals surface area contributed by atoms with Gasteiger partial charge in [0.05, 0.1) is 17.6 Å². The molecule has 130 valence electrons. The van der Waals surface area contributed by atoms with Crippen molar-refractivity contribution >= 4 is 17.2 Å². The van der Waals surface area contributed by atoms with Crippen LogP contribution in [-0.4, -0.2) is 23.7 Å². The summed E-state index contributed by atoms with van der Waals surface area (Å²) in [6.45, 7) is 7.85. The van der Waals surface area contributed by atoms with Crippen LogP contribution in [0.5, 0.6) is 5.75 Å². The van der Waals surface area contributed by atoms with Gasteiger partial charge in [-0.15, -0.1) is 11.3 Å². The van der Waals surface area contributed by atoms with E-state index in [4.69, 9.17) is 4.74 Å². The third-order valence-corrected chi connectivity index (χ3v) is 4.97. The van der Waals surface area contributed by atoms with Crippen molar-refractivity contribution in [3.63, 3.8) is 0 Å². The van der Waals surface area contributed by atoms with Crippen LogP contribution in [0.3, 0.4) is 0 Å². The van der Waals surface area contributed by atoms with Gasteiger partial charge in [-0.2, -0.15) is 0 Å². The van der Waals surface area contributed by atoms with Crippen LogP contribution < -0.4 is 10.1 Å². The fourth-order valence-electron chi connectivity index (χ4n) is 2.34. The summed E-state index contributed by atoms with van der Waals surface area (Å²) >= 11 is 1.56. The van der Waals surface area contributed by atoms with Gasteiger partial charge in [-0.3, -0.25) is 4.79 Å². The summed E-state index contributed by atoms with van der Waals surface area (Å²) in [6, 6.07) is 11.2. The SMILES string of the molecule is CC(C)Oc1cccc([C@H](O)CNC(=O)C(C)(C)c2cccs2)c1. The van der Waals surface area contributed by atoms with E-state index < -0.39 is 11.5 Å². The van der Waals surface area contributed by atoms with E-state index in [1.54, 1.807) is 17.4 Å². The fourth-order valence-corrected chi connectivity index (χ4v) is 3.19. The zero-order chi connectivity index (χ0) is 17.7. The molecule has 1 aromatic heterocycles. The molecule has 0 saturated carbocycles. The second kappa shape index (κ2) is 7.81. The number of amides is 1. The summed E-state index contributed by atoms with van der Waals surface area (Å²) in [6.07, 6.45) is -0.701. The number of nitrogens with one attached hydrogen (secondary N) is 1. The molecule has 2 aromatic rings. The van der Waals surface area contributed by atoms with Crippen molar-refractivity contribution in [2.75, 3.05) is 6.54 Å². The van der Waals surface area contributed by atoms with Crippen LogP contribution in [-0.2, 0) is 10.2 Å². The van der Waals surface area contributed by atoms with Gasteiger partial charge in [0.25, 0.3) is 0 Å². The highest BCUT2D eigenvalue weighted by Gasteiger charge is 2.30. The molecule has 4 nitrogen and oxygen atoms in total. The summed E-state index contributed by atoms with van der Waals surface area (Å²) < 4.78 is 5.64. The number of carbonyl (C=O) groups excluding carboxylic acids is 1. The van der Waals surface area contributed by atoms with Crippen LogP contribution in [0.15, 0.2) is 41.8 Å². The molecule has 0 aliphatic carbocycles. The van der Waals surface area contributed by atoms with Crippen molar-refractivity contribution in [1.29, 1.82) is 0 Å². The molecule has 2 N–H and O–H groups in total. The third-order valence-electron chi connectivity index (χ3n) is 3.78. The second-order valence-corrected chi connectivity index (χ2v) is 7.51. The Morgan fingerprint density at radius 3 is 2.67 bits per heavy atom. The minimum absolute atomic E-state index is 0.0729. The van der Waals surface area contributed by atoms with E-state index in [1.807, 2.05) is 63.4 Å². The van der Waals surface area contributed by atoms with Gasteiger partial charge in [0, 0.05) is 11.4 Å². The van der Waals surface area contributed by atoms with Gasteiger partial charge in [0.1, 0.15) is 5.75 Å². The maximum absolute atomic E-state index is 12.5. The predicted molar refractivity (Wildman–Crippen MR) is 97.5 cm³/mol. The number of aliphatic hydroxyl groups is 1. The maximum Gasteiger partial charge on any atom is 0.231 e. The van der Waals surface area contributed by atoms with Crippen molar-refractivity contribution in [2.45, 2.75) is 45.3 Å². The lowest BCUT2D eigenvalue weighted by molar-refractivity contribution is -0.126. The molecule has 24 heavy (non-hydrogen) atoms. The first-order chi connectivity index (χ1) is 11.3. The number of rotatable bonds is 7. The number of benzene rings is 1. The van der Waals surface area contributed by atoms with E-state index in [0.717, 1.165) is 10.4 Å². The van der Waals surface area contributed by atoms with Gasteiger partial charge in [0.2, 0.25) is 5.91 Å². The number of hydrogen-bond donors (Lipinski definition) is 2. The molecular formula is C19H25NO3S. The highest BCUT2D eigenvalue weighted by molar-refractivity contribution is 7.10. The molecule has 0 aliphatic heterocycles. The maximum atomic E-state index is 12.5. The lowest BCUT2D eigenvalue weighted by Crippen LogP contribution is -2.41. The third kappa shape index (κ3) is 4.58. The van der Waals surface area contributed by atoms with Crippen molar-refractivity contribution < 1.29 is 14.6 Å². The molecule has 0 bridgehead atoms. The van der Waals surface area contributed by atoms with Crippen molar-refractivity contribution in [1.82, 2.24) is 5.32 Å². The van der Waals surface area contributed by atoms with E-state index >= 15 is 0 Å². The van der Waals surface area contributed by atoms with Crippen LogP contribution in [0.2, 0.25) is 0 Å². The fraction of sp³-hybridized carbons (Fsp3) is 0.421. The molecule has 1 heterocycles. The Labute approximate surface area is 147 Å². The van der Waals surface area contributed by atoms with Gasteiger partial charge in [-0.05, 0) is 56.8 Å². The Morgan fingerprint density at radius 2 is 2.04 bits per heavy atom. The molecular weight excluding hydrogens is 322 g/mol. The molecule has 0 unspecified atom stereocenters. The normalized spacial score (nSPS) is 12.9. The first-order valence-corrected chi connectivity index (χ1v) is 8.95. The van der Waals surface area contributed by atoms with Crippen molar-refractivity contribution in [3.05, 3.63) is 52.2 Å². The van der Waals surface area contributed by atoms with Gasteiger partial charge in [-0.1, -0.05) is 18.2 Å². The van der Waals surface area contributed by atoms with Crippen LogP contribution in [0, 0.1) is 0 Å². The van der Waals surface area contributed by atoms with Crippen LogP contribution in [0.25, 0.3) is 0 Å². The Balaban J connectivity index is 1.98. The van der Waals surface area contributed by atoms with E-state index in [9.17, 15) is 9.90 Å². The Morgan fingerprint density at radius 1 is 1.29 bits per heavy atom. The molecule has 0 aliphatic rings. The van der Waals surface area contributed by atoms with Crippen LogP contribution in [0.4, 0.5) is 0 Å². The van der Waals surface area contributed by atoms with Gasteiger partial charge in [-0.25, -0.2) is 0 Å². The van der Waals surface area contributed by atoms with Crippen molar-refractivity contribution in [2.24, 2.45) is 0 Å². The average molecular weight is 347 g/mol. The smallest absolute Gasteiger partial charge is 0.231 e. The highest BCUT2D eigenvalue weighted by Crippen LogP contribution is 2.28. The standard InChI is InChI=1S/C19H25NO3S/c1-13(2)23-15-8-5-7-14(11-15)16(21)12-20-18(22)19(3,4)17-9-6-10-24-17/h5-11,13,16,21H,12H2,1-4H3,(H,20,22)/t16-/m1/s1. The van der Waals surface area contributed by atoms with E-state index in [-0.39, 0.29) is 18.6 Å². The first-order valence-electron chi connectivity index (χ1n) is 8.07.